The molecule has 0 aromatic heterocycles. The van der Waals surface area contributed by atoms with Gasteiger partial charge in [-0.25, -0.2) is 0 Å². The van der Waals surface area contributed by atoms with Gasteiger partial charge in [-0.1, -0.05) is 55.3 Å². The summed E-state index contributed by atoms with van der Waals surface area (Å²) in [5, 5.41) is 3.18. The van der Waals surface area contributed by atoms with E-state index in [-0.39, 0.29) is 11.8 Å². The molecule has 2 aromatic rings. The molecular formula is C24H31N3O. The summed E-state index contributed by atoms with van der Waals surface area (Å²) in [4.78, 5) is 17.4. The Hall–Kier alpha value is -2.33. The Balaban J connectivity index is 1.31. The minimum Gasteiger partial charge on any atom is -0.369 e. The van der Waals surface area contributed by atoms with Gasteiger partial charge in [0.05, 0.1) is 0 Å². The van der Waals surface area contributed by atoms with Gasteiger partial charge in [0.2, 0.25) is 5.91 Å². The molecule has 1 heterocycles. The van der Waals surface area contributed by atoms with Crippen LogP contribution >= 0.6 is 0 Å². The van der Waals surface area contributed by atoms with E-state index < -0.39 is 0 Å². The lowest BCUT2D eigenvalue weighted by Gasteiger charge is -2.36. The van der Waals surface area contributed by atoms with Crippen molar-refractivity contribution < 1.29 is 4.79 Å². The monoisotopic (exact) mass is 377 g/mol. The second kappa shape index (κ2) is 9.24. The summed E-state index contributed by atoms with van der Waals surface area (Å²) in [7, 11) is 0. The van der Waals surface area contributed by atoms with Crippen molar-refractivity contribution in [2.75, 3.05) is 31.1 Å². The molecule has 0 atom stereocenters. The number of piperazine rings is 1. The van der Waals surface area contributed by atoms with E-state index in [0.29, 0.717) is 6.54 Å². The number of hydrogen-bond acceptors (Lipinski definition) is 3. The van der Waals surface area contributed by atoms with E-state index in [0.717, 1.165) is 45.6 Å². The van der Waals surface area contributed by atoms with Crippen LogP contribution in [-0.2, 0) is 17.9 Å². The topological polar surface area (TPSA) is 35.6 Å². The largest absolute Gasteiger partial charge is 0.369 e. The van der Waals surface area contributed by atoms with Gasteiger partial charge in [-0.05, 0) is 36.1 Å². The number of amides is 1. The lowest BCUT2D eigenvalue weighted by molar-refractivity contribution is -0.124. The summed E-state index contributed by atoms with van der Waals surface area (Å²) in [5.74, 6) is 0.474. The van der Waals surface area contributed by atoms with Crippen molar-refractivity contribution in [2.45, 2.75) is 38.8 Å². The van der Waals surface area contributed by atoms with E-state index in [1.54, 1.807) is 0 Å². The molecular weight excluding hydrogens is 346 g/mol. The van der Waals surface area contributed by atoms with Crippen LogP contribution in [0.25, 0.3) is 0 Å². The summed E-state index contributed by atoms with van der Waals surface area (Å²) in [5.41, 5.74) is 3.90. The first kappa shape index (κ1) is 19.0. The molecule has 0 bridgehead atoms. The van der Waals surface area contributed by atoms with Crippen LogP contribution in [0.15, 0.2) is 54.6 Å². The Bertz CT molecular complexity index is 762. The van der Waals surface area contributed by atoms with Gasteiger partial charge in [0.15, 0.2) is 0 Å². The zero-order chi connectivity index (χ0) is 19.2. The molecule has 1 aliphatic carbocycles. The quantitative estimate of drug-likeness (QED) is 0.831. The summed E-state index contributed by atoms with van der Waals surface area (Å²) < 4.78 is 0. The SMILES string of the molecule is O=C(NCc1ccccc1CN1CCN(c2ccccc2)CC1)C1CCCC1. The number of benzene rings is 2. The zero-order valence-electron chi connectivity index (χ0n) is 16.6. The van der Waals surface area contributed by atoms with E-state index in [9.17, 15) is 4.79 Å². The van der Waals surface area contributed by atoms with Gasteiger partial charge in [-0.2, -0.15) is 0 Å². The van der Waals surface area contributed by atoms with Crippen LogP contribution in [0.4, 0.5) is 5.69 Å². The van der Waals surface area contributed by atoms with E-state index in [1.807, 2.05) is 0 Å². The number of nitrogens with zero attached hydrogens (tertiary/aromatic N) is 2. The predicted molar refractivity (Wildman–Crippen MR) is 114 cm³/mol. The van der Waals surface area contributed by atoms with Gasteiger partial charge in [-0.15, -0.1) is 0 Å². The van der Waals surface area contributed by atoms with E-state index in [1.165, 1.54) is 29.7 Å². The van der Waals surface area contributed by atoms with Crippen LogP contribution in [-0.4, -0.2) is 37.0 Å². The normalized spacial score (nSPS) is 18.4. The number of carbonyl (C=O) groups excluding carboxylic acids is 1. The maximum atomic E-state index is 12.4. The van der Waals surface area contributed by atoms with Crippen molar-refractivity contribution in [3.05, 3.63) is 65.7 Å². The lowest BCUT2D eigenvalue weighted by Crippen LogP contribution is -2.46. The van der Waals surface area contributed by atoms with Crippen molar-refractivity contribution in [3.63, 3.8) is 0 Å². The Morgan fingerprint density at radius 1 is 0.857 bits per heavy atom. The number of carbonyl (C=O) groups is 1. The minimum absolute atomic E-state index is 0.234. The zero-order valence-corrected chi connectivity index (χ0v) is 16.6. The number of para-hydroxylation sites is 1. The van der Waals surface area contributed by atoms with Gasteiger partial charge >= 0.3 is 0 Å². The van der Waals surface area contributed by atoms with Crippen LogP contribution in [0.5, 0.6) is 0 Å². The van der Waals surface area contributed by atoms with Crippen LogP contribution in [0.1, 0.15) is 36.8 Å². The maximum Gasteiger partial charge on any atom is 0.223 e. The highest BCUT2D eigenvalue weighted by Crippen LogP contribution is 2.25. The molecule has 2 aromatic carbocycles. The van der Waals surface area contributed by atoms with Crippen molar-refractivity contribution in [1.82, 2.24) is 10.2 Å². The molecule has 28 heavy (non-hydrogen) atoms. The van der Waals surface area contributed by atoms with Crippen LogP contribution in [0, 0.1) is 5.92 Å². The highest BCUT2D eigenvalue weighted by Gasteiger charge is 2.23. The predicted octanol–water partition coefficient (Wildman–Crippen LogP) is 3.82. The molecule has 0 unspecified atom stereocenters. The third-order valence-corrected chi connectivity index (χ3v) is 6.19. The molecule has 2 aliphatic rings. The maximum absolute atomic E-state index is 12.4. The fourth-order valence-electron chi connectivity index (χ4n) is 4.44. The smallest absolute Gasteiger partial charge is 0.223 e. The molecule has 1 N–H and O–H groups in total. The van der Waals surface area contributed by atoms with E-state index in [4.69, 9.17) is 0 Å². The molecule has 4 rings (SSSR count). The van der Waals surface area contributed by atoms with Crippen LogP contribution in [0.2, 0.25) is 0 Å². The van der Waals surface area contributed by atoms with Crippen molar-refractivity contribution in [2.24, 2.45) is 5.92 Å². The fourth-order valence-corrected chi connectivity index (χ4v) is 4.44. The second-order valence-electron chi connectivity index (χ2n) is 8.07. The first-order valence-electron chi connectivity index (χ1n) is 10.7. The molecule has 1 amide bonds. The molecule has 148 valence electrons. The minimum atomic E-state index is 0.234. The number of hydrogen-bond donors (Lipinski definition) is 1. The van der Waals surface area contributed by atoms with E-state index in [2.05, 4.69) is 69.7 Å². The van der Waals surface area contributed by atoms with Crippen molar-refractivity contribution >= 4 is 11.6 Å². The Labute approximate surface area is 168 Å². The van der Waals surface area contributed by atoms with Gasteiger partial charge < -0.3 is 10.2 Å². The van der Waals surface area contributed by atoms with E-state index >= 15 is 0 Å². The summed E-state index contributed by atoms with van der Waals surface area (Å²) >= 11 is 0. The van der Waals surface area contributed by atoms with Gasteiger partial charge in [-0.3, -0.25) is 9.69 Å². The highest BCUT2D eigenvalue weighted by molar-refractivity contribution is 5.78. The molecule has 4 heteroatoms. The number of rotatable bonds is 6. The first-order chi connectivity index (χ1) is 13.8. The van der Waals surface area contributed by atoms with Gasteiger partial charge in [0.1, 0.15) is 0 Å². The standard InChI is InChI=1S/C24H31N3O/c28-24(20-8-4-5-9-20)25-18-21-10-6-7-11-22(21)19-26-14-16-27(17-15-26)23-12-2-1-3-13-23/h1-3,6-7,10-13,20H,4-5,8-9,14-19H2,(H,25,28). The molecule has 2 fully saturated rings. The Morgan fingerprint density at radius 2 is 1.50 bits per heavy atom. The molecule has 0 radical (unpaired) electrons. The summed E-state index contributed by atoms with van der Waals surface area (Å²) in [6.45, 7) is 5.86. The van der Waals surface area contributed by atoms with Gasteiger partial charge in [0.25, 0.3) is 0 Å². The number of anilines is 1. The average molecular weight is 378 g/mol. The fraction of sp³-hybridized carbons (Fsp3) is 0.458. The van der Waals surface area contributed by atoms with Crippen molar-refractivity contribution in [1.29, 1.82) is 0 Å². The molecule has 0 spiro atoms. The average Bonchev–Trinajstić information content (AvgIpc) is 3.29. The third kappa shape index (κ3) is 4.74. The highest BCUT2D eigenvalue weighted by atomic mass is 16.1. The van der Waals surface area contributed by atoms with Crippen molar-refractivity contribution in [3.8, 4) is 0 Å². The summed E-state index contributed by atoms with van der Waals surface area (Å²) in [6.07, 6.45) is 4.51. The molecule has 1 saturated carbocycles. The molecule has 1 saturated heterocycles. The summed E-state index contributed by atoms with van der Waals surface area (Å²) in [6, 6.07) is 19.2. The van der Waals surface area contributed by atoms with Crippen LogP contribution in [0.3, 0.4) is 0 Å². The Morgan fingerprint density at radius 3 is 2.21 bits per heavy atom. The second-order valence-corrected chi connectivity index (χ2v) is 8.07. The van der Waals surface area contributed by atoms with Gasteiger partial charge in [0, 0.05) is 50.9 Å². The first-order valence-corrected chi connectivity index (χ1v) is 10.7. The molecule has 4 nitrogen and oxygen atoms in total. The molecule has 1 aliphatic heterocycles. The number of nitrogens with one attached hydrogen (secondary N) is 1. The lowest BCUT2D eigenvalue weighted by atomic mass is 10.0. The Kier molecular flexibility index (Phi) is 6.27. The van der Waals surface area contributed by atoms with Crippen LogP contribution < -0.4 is 10.2 Å². The third-order valence-electron chi connectivity index (χ3n) is 6.19.